The van der Waals surface area contributed by atoms with Gasteiger partial charge in [-0.1, -0.05) is 29.3 Å². The maximum atomic E-state index is 12.7. The molecule has 0 aliphatic carbocycles. The second-order valence-corrected chi connectivity index (χ2v) is 7.20. The van der Waals surface area contributed by atoms with E-state index in [0.29, 0.717) is 16.9 Å². The molecule has 22 heavy (non-hydrogen) atoms. The Balaban J connectivity index is 2.50. The molecule has 7 heteroatoms. The summed E-state index contributed by atoms with van der Waals surface area (Å²) in [6.45, 7) is 3.42. The van der Waals surface area contributed by atoms with Crippen molar-refractivity contribution in [2.24, 2.45) is 0 Å². The third-order valence-electron chi connectivity index (χ3n) is 3.13. The average Bonchev–Trinajstić information content (AvgIpc) is 2.42. The Hall–Kier alpha value is -1.43. The molecule has 0 spiro atoms. The smallest absolute Gasteiger partial charge is 0.262 e. The summed E-state index contributed by atoms with van der Waals surface area (Å²) in [6, 6.07) is 8.10. The Morgan fingerprint density at radius 2 is 1.68 bits per heavy atom. The van der Waals surface area contributed by atoms with Crippen LogP contribution in [-0.2, 0) is 10.0 Å². The molecule has 2 rings (SSSR count). The summed E-state index contributed by atoms with van der Waals surface area (Å²) >= 11 is 11.9. The second-order valence-electron chi connectivity index (χ2n) is 4.80. The first-order valence-corrected chi connectivity index (χ1v) is 8.62. The molecule has 0 saturated heterocycles. The molecule has 4 nitrogen and oxygen atoms in total. The number of rotatable bonds is 4. The van der Waals surface area contributed by atoms with E-state index in [9.17, 15) is 8.42 Å². The number of sulfonamides is 1. The molecule has 0 unspecified atom stereocenters. The molecule has 0 fully saturated rings. The normalized spacial score (nSPS) is 11.3. The number of hydrogen-bond acceptors (Lipinski definition) is 3. The first kappa shape index (κ1) is 16.9. The van der Waals surface area contributed by atoms with Crippen molar-refractivity contribution < 1.29 is 13.2 Å². The maximum Gasteiger partial charge on any atom is 0.262 e. The summed E-state index contributed by atoms with van der Waals surface area (Å²) in [5.41, 5.74) is 1.41. The van der Waals surface area contributed by atoms with E-state index in [2.05, 4.69) is 4.72 Å². The molecular weight excluding hydrogens is 345 g/mol. The first-order chi connectivity index (χ1) is 10.3. The van der Waals surface area contributed by atoms with Gasteiger partial charge in [0, 0.05) is 0 Å². The number of methoxy groups -OCH3 is 1. The lowest BCUT2D eigenvalue weighted by molar-refractivity contribution is 0.413. The van der Waals surface area contributed by atoms with Gasteiger partial charge in [0.15, 0.2) is 0 Å². The van der Waals surface area contributed by atoms with Crippen molar-refractivity contribution >= 4 is 38.9 Å². The molecule has 0 bridgehead atoms. The van der Waals surface area contributed by atoms with Gasteiger partial charge in [-0.15, -0.1) is 0 Å². The van der Waals surface area contributed by atoms with E-state index in [-0.39, 0.29) is 20.6 Å². The molecule has 0 saturated carbocycles. The minimum Gasteiger partial charge on any atom is -0.497 e. The molecule has 0 aliphatic heterocycles. The fourth-order valence-corrected chi connectivity index (χ4v) is 4.16. The van der Waals surface area contributed by atoms with Gasteiger partial charge in [-0.05, 0) is 49.2 Å². The average molecular weight is 360 g/mol. The number of ether oxygens (including phenoxy) is 1. The van der Waals surface area contributed by atoms with Gasteiger partial charge in [0.1, 0.15) is 5.75 Å². The Morgan fingerprint density at radius 3 is 2.23 bits per heavy atom. The third kappa shape index (κ3) is 3.32. The molecule has 2 aromatic carbocycles. The van der Waals surface area contributed by atoms with E-state index in [0.717, 1.165) is 0 Å². The lowest BCUT2D eigenvalue weighted by Crippen LogP contribution is -2.16. The Bertz CT molecular complexity index is 797. The summed E-state index contributed by atoms with van der Waals surface area (Å²) < 4.78 is 32.9. The van der Waals surface area contributed by atoms with Crippen LogP contribution in [0.4, 0.5) is 5.69 Å². The van der Waals surface area contributed by atoms with Crippen LogP contribution in [-0.4, -0.2) is 15.5 Å². The van der Waals surface area contributed by atoms with Gasteiger partial charge in [-0.25, -0.2) is 8.42 Å². The number of hydrogen-bond donors (Lipinski definition) is 1. The van der Waals surface area contributed by atoms with Crippen LogP contribution in [0.2, 0.25) is 10.0 Å². The van der Waals surface area contributed by atoms with Crippen LogP contribution in [0.1, 0.15) is 11.1 Å². The molecule has 0 aliphatic rings. The highest BCUT2D eigenvalue weighted by Crippen LogP contribution is 2.33. The van der Waals surface area contributed by atoms with Crippen LogP contribution >= 0.6 is 23.2 Å². The van der Waals surface area contributed by atoms with Gasteiger partial charge in [0.05, 0.1) is 27.7 Å². The zero-order chi connectivity index (χ0) is 16.5. The minimum absolute atomic E-state index is 0.163. The van der Waals surface area contributed by atoms with E-state index in [1.54, 1.807) is 44.2 Å². The zero-order valence-corrected chi connectivity index (χ0v) is 14.6. The largest absolute Gasteiger partial charge is 0.497 e. The van der Waals surface area contributed by atoms with E-state index in [4.69, 9.17) is 27.9 Å². The van der Waals surface area contributed by atoms with Crippen molar-refractivity contribution in [3.8, 4) is 5.75 Å². The molecule has 0 atom stereocenters. The summed E-state index contributed by atoms with van der Waals surface area (Å²) in [6.07, 6.45) is 0. The first-order valence-electron chi connectivity index (χ1n) is 6.38. The van der Waals surface area contributed by atoms with Crippen LogP contribution in [0.3, 0.4) is 0 Å². The summed E-state index contributed by atoms with van der Waals surface area (Å²) in [5.74, 6) is 0.606. The van der Waals surface area contributed by atoms with E-state index < -0.39 is 10.0 Å². The van der Waals surface area contributed by atoms with Gasteiger partial charge < -0.3 is 4.74 Å². The summed E-state index contributed by atoms with van der Waals surface area (Å²) in [4.78, 5) is 0.198. The van der Waals surface area contributed by atoms with Crippen molar-refractivity contribution in [2.75, 3.05) is 11.8 Å². The highest BCUT2D eigenvalue weighted by atomic mass is 35.5. The second kappa shape index (κ2) is 6.36. The predicted octanol–water partition coefficient (Wildman–Crippen LogP) is 4.42. The van der Waals surface area contributed by atoms with E-state index >= 15 is 0 Å². The number of benzene rings is 2. The molecule has 1 N–H and O–H groups in total. The van der Waals surface area contributed by atoms with Gasteiger partial charge >= 0.3 is 0 Å². The maximum absolute atomic E-state index is 12.7. The van der Waals surface area contributed by atoms with Gasteiger partial charge in [-0.3, -0.25) is 4.72 Å². The monoisotopic (exact) mass is 359 g/mol. The predicted molar refractivity (Wildman–Crippen MR) is 89.7 cm³/mol. The highest BCUT2D eigenvalue weighted by molar-refractivity contribution is 7.92. The number of halogens is 2. The number of nitrogens with one attached hydrogen (secondary N) is 1. The van der Waals surface area contributed by atoms with Crippen molar-refractivity contribution in [1.82, 2.24) is 0 Å². The third-order valence-corrected chi connectivity index (χ3v) is 5.62. The Labute approximate surface area is 140 Å². The van der Waals surface area contributed by atoms with Crippen molar-refractivity contribution in [3.05, 3.63) is 51.5 Å². The van der Waals surface area contributed by atoms with Gasteiger partial charge in [-0.2, -0.15) is 0 Å². The van der Waals surface area contributed by atoms with Crippen LogP contribution in [0, 0.1) is 13.8 Å². The fourth-order valence-electron chi connectivity index (χ4n) is 2.23. The Kier molecular flexibility index (Phi) is 4.90. The van der Waals surface area contributed by atoms with E-state index in [1.165, 1.54) is 7.11 Å². The fraction of sp³-hybridized carbons (Fsp3) is 0.200. The molecule has 118 valence electrons. The van der Waals surface area contributed by atoms with Crippen molar-refractivity contribution in [1.29, 1.82) is 0 Å². The standard InChI is InChI=1S/C15H15Cl2NO3S/c1-9-7-11(21-3)8-10(2)15(9)22(19,20)18-13-6-4-5-12(16)14(13)17/h4-8,18H,1-3H3. The lowest BCUT2D eigenvalue weighted by Gasteiger charge is -2.15. The highest BCUT2D eigenvalue weighted by Gasteiger charge is 2.22. The van der Waals surface area contributed by atoms with Crippen molar-refractivity contribution in [2.45, 2.75) is 18.7 Å². The van der Waals surface area contributed by atoms with Crippen LogP contribution < -0.4 is 9.46 Å². The topological polar surface area (TPSA) is 55.4 Å². The lowest BCUT2D eigenvalue weighted by atomic mass is 10.1. The van der Waals surface area contributed by atoms with Crippen LogP contribution in [0.25, 0.3) is 0 Å². The molecule has 0 aromatic heterocycles. The molecule has 0 radical (unpaired) electrons. The van der Waals surface area contributed by atoms with Crippen LogP contribution in [0.5, 0.6) is 5.75 Å². The molecule has 2 aromatic rings. The van der Waals surface area contributed by atoms with Gasteiger partial charge in [0.25, 0.3) is 10.0 Å². The SMILES string of the molecule is COc1cc(C)c(S(=O)(=O)Nc2cccc(Cl)c2Cl)c(C)c1. The zero-order valence-electron chi connectivity index (χ0n) is 12.3. The molecule has 0 amide bonds. The minimum atomic E-state index is -3.79. The molecule has 0 heterocycles. The van der Waals surface area contributed by atoms with Crippen LogP contribution in [0.15, 0.2) is 35.2 Å². The summed E-state index contributed by atoms with van der Waals surface area (Å²) in [7, 11) is -2.25. The quantitative estimate of drug-likeness (QED) is 0.878. The van der Waals surface area contributed by atoms with Crippen molar-refractivity contribution in [3.63, 3.8) is 0 Å². The van der Waals surface area contributed by atoms with Gasteiger partial charge in [0.2, 0.25) is 0 Å². The van der Waals surface area contributed by atoms with E-state index in [1.807, 2.05) is 0 Å². The number of anilines is 1. The summed E-state index contributed by atoms with van der Waals surface area (Å²) in [5, 5.41) is 0.446. The molecular formula is C15H15Cl2NO3S. The Morgan fingerprint density at radius 1 is 1.09 bits per heavy atom. The number of aryl methyl sites for hydroxylation is 2.